The number of hydrogen-bond acceptors (Lipinski definition) is 4. The molecule has 0 amide bonds. The normalized spacial score (nSPS) is 10.6. The zero-order chi connectivity index (χ0) is 15.9. The van der Waals surface area contributed by atoms with Crippen molar-refractivity contribution in [2.75, 3.05) is 0 Å². The SMILES string of the molecule is Cc1ccccc1/C=C/C(=O)OCc1ccc([N+](=O)[O-])cc1. The van der Waals surface area contributed by atoms with Crippen molar-refractivity contribution in [2.45, 2.75) is 13.5 Å². The maximum atomic E-state index is 11.7. The van der Waals surface area contributed by atoms with Gasteiger partial charge in [0.25, 0.3) is 5.69 Å². The molecule has 2 aromatic rings. The van der Waals surface area contributed by atoms with Crippen LogP contribution in [-0.4, -0.2) is 10.9 Å². The minimum absolute atomic E-state index is 0.00882. The van der Waals surface area contributed by atoms with E-state index in [-0.39, 0.29) is 12.3 Å². The van der Waals surface area contributed by atoms with Crippen molar-refractivity contribution in [1.82, 2.24) is 0 Å². The van der Waals surface area contributed by atoms with Gasteiger partial charge in [-0.2, -0.15) is 0 Å². The molecule has 0 aliphatic rings. The van der Waals surface area contributed by atoms with Crippen LogP contribution in [0.5, 0.6) is 0 Å². The van der Waals surface area contributed by atoms with Crippen LogP contribution in [0.3, 0.4) is 0 Å². The average Bonchev–Trinajstić information content (AvgIpc) is 2.52. The van der Waals surface area contributed by atoms with Crippen LogP contribution in [-0.2, 0) is 16.1 Å². The van der Waals surface area contributed by atoms with Gasteiger partial charge in [-0.1, -0.05) is 24.3 Å². The van der Waals surface area contributed by atoms with Crippen molar-refractivity contribution in [3.05, 3.63) is 81.4 Å². The third-order valence-electron chi connectivity index (χ3n) is 3.12. The minimum atomic E-state index is -0.472. The Balaban J connectivity index is 1.90. The van der Waals surface area contributed by atoms with Gasteiger partial charge in [0.2, 0.25) is 0 Å². The first-order valence-corrected chi connectivity index (χ1v) is 6.70. The van der Waals surface area contributed by atoms with E-state index in [1.54, 1.807) is 18.2 Å². The molecule has 0 bridgehead atoms. The first kappa shape index (κ1) is 15.4. The Morgan fingerprint density at radius 2 is 1.86 bits per heavy atom. The van der Waals surface area contributed by atoms with Crippen molar-refractivity contribution in [3.8, 4) is 0 Å². The Labute approximate surface area is 128 Å². The van der Waals surface area contributed by atoms with Gasteiger partial charge in [0.05, 0.1) is 4.92 Å². The second-order valence-corrected chi connectivity index (χ2v) is 4.72. The fourth-order valence-electron chi connectivity index (χ4n) is 1.85. The predicted molar refractivity (Wildman–Crippen MR) is 83.1 cm³/mol. The summed E-state index contributed by atoms with van der Waals surface area (Å²) in [6.07, 6.45) is 3.07. The van der Waals surface area contributed by atoms with Gasteiger partial charge >= 0.3 is 5.97 Å². The molecule has 0 saturated carbocycles. The van der Waals surface area contributed by atoms with Gasteiger partial charge in [0, 0.05) is 18.2 Å². The van der Waals surface area contributed by atoms with Crippen LogP contribution in [0.25, 0.3) is 6.08 Å². The number of esters is 1. The first-order chi connectivity index (χ1) is 10.6. The number of carbonyl (C=O) groups excluding carboxylic acids is 1. The molecule has 5 nitrogen and oxygen atoms in total. The van der Waals surface area contributed by atoms with E-state index < -0.39 is 10.9 Å². The Morgan fingerprint density at radius 1 is 1.18 bits per heavy atom. The van der Waals surface area contributed by atoms with Gasteiger partial charge < -0.3 is 4.74 Å². The molecule has 112 valence electrons. The van der Waals surface area contributed by atoms with E-state index in [2.05, 4.69) is 0 Å². The zero-order valence-corrected chi connectivity index (χ0v) is 12.1. The highest BCUT2D eigenvalue weighted by atomic mass is 16.6. The lowest BCUT2D eigenvalue weighted by atomic mass is 10.1. The van der Waals surface area contributed by atoms with Gasteiger partial charge in [-0.3, -0.25) is 10.1 Å². The Morgan fingerprint density at radius 3 is 2.50 bits per heavy atom. The van der Waals surface area contributed by atoms with E-state index in [0.717, 1.165) is 11.1 Å². The van der Waals surface area contributed by atoms with Crippen molar-refractivity contribution in [3.63, 3.8) is 0 Å². The molecule has 2 rings (SSSR count). The van der Waals surface area contributed by atoms with E-state index in [0.29, 0.717) is 5.56 Å². The largest absolute Gasteiger partial charge is 0.458 e. The van der Waals surface area contributed by atoms with Crippen LogP contribution in [0.4, 0.5) is 5.69 Å². The van der Waals surface area contributed by atoms with Crippen LogP contribution >= 0.6 is 0 Å². The molecule has 2 aromatic carbocycles. The highest BCUT2D eigenvalue weighted by Crippen LogP contribution is 2.13. The summed E-state index contributed by atoms with van der Waals surface area (Å²) in [6.45, 7) is 2.04. The van der Waals surface area contributed by atoms with Crippen LogP contribution in [0, 0.1) is 17.0 Å². The molecule has 22 heavy (non-hydrogen) atoms. The van der Waals surface area contributed by atoms with E-state index in [4.69, 9.17) is 4.74 Å². The molecule has 0 aliphatic carbocycles. The second kappa shape index (κ2) is 7.17. The highest BCUT2D eigenvalue weighted by Gasteiger charge is 2.05. The lowest BCUT2D eigenvalue weighted by Crippen LogP contribution is -2.01. The fraction of sp³-hybridized carbons (Fsp3) is 0.118. The predicted octanol–water partition coefficient (Wildman–Crippen LogP) is 3.66. The van der Waals surface area contributed by atoms with Crippen molar-refractivity contribution in [1.29, 1.82) is 0 Å². The number of non-ortho nitro benzene ring substituents is 1. The number of benzene rings is 2. The van der Waals surface area contributed by atoms with Crippen LogP contribution in [0.2, 0.25) is 0 Å². The van der Waals surface area contributed by atoms with Gasteiger partial charge in [0.15, 0.2) is 0 Å². The second-order valence-electron chi connectivity index (χ2n) is 4.72. The van der Waals surface area contributed by atoms with Gasteiger partial charge in [-0.15, -0.1) is 0 Å². The van der Waals surface area contributed by atoms with Crippen LogP contribution in [0.15, 0.2) is 54.6 Å². The lowest BCUT2D eigenvalue weighted by molar-refractivity contribution is -0.384. The standard InChI is InChI=1S/C17H15NO4/c1-13-4-2-3-5-15(13)8-11-17(19)22-12-14-6-9-16(10-7-14)18(20)21/h2-11H,12H2,1H3/b11-8+. The summed E-state index contributed by atoms with van der Waals surface area (Å²) in [5, 5.41) is 10.5. The number of carbonyl (C=O) groups is 1. The summed E-state index contributed by atoms with van der Waals surface area (Å²) in [4.78, 5) is 21.7. The number of nitro benzene ring substituents is 1. The minimum Gasteiger partial charge on any atom is -0.458 e. The molecule has 0 aliphatic heterocycles. The average molecular weight is 297 g/mol. The fourth-order valence-corrected chi connectivity index (χ4v) is 1.85. The van der Waals surface area contributed by atoms with Crippen molar-refractivity contribution in [2.24, 2.45) is 0 Å². The van der Waals surface area contributed by atoms with E-state index in [9.17, 15) is 14.9 Å². The molecule has 0 spiro atoms. The molecule has 0 N–H and O–H groups in total. The van der Waals surface area contributed by atoms with Crippen molar-refractivity contribution < 1.29 is 14.5 Å². The maximum absolute atomic E-state index is 11.7. The van der Waals surface area contributed by atoms with Crippen LogP contribution < -0.4 is 0 Å². The summed E-state index contributed by atoms with van der Waals surface area (Å²) in [5.74, 6) is -0.457. The summed E-state index contributed by atoms with van der Waals surface area (Å²) in [6, 6.07) is 13.6. The van der Waals surface area contributed by atoms with E-state index in [1.807, 2.05) is 31.2 Å². The van der Waals surface area contributed by atoms with Crippen molar-refractivity contribution >= 4 is 17.7 Å². The molecule has 0 radical (unpaired) electrons. The number of rotatable bonds is 5. The highest BCUT2D eigenvalue weighted by molar-refractivity contribution is 5.87. The maximum Gasteiger partial charge on any atom is 0.331 e. The molecule has 5 heteroatoms. The molecule has 0 saturated heterocycles. The summed E-state index contributed by atoms with van der Waals surface area (Å²) < 4.78 is 5.09. The first-order valence-electron chi connectivity index (χ1n) is 6.70. The molecule has 0 atom stereocenters. The number of ether oxygens (including phenoxy) is 1. The van der Waals surface area contributed by atoms with Gasteiger partial charge in [-0.25, -0.2) is 4.79 Å². The topological polar surface area (TPSA) is 69.4 Å². The monoisotopic (exact) mass is 297 g/mol. The Kier molecular flexibility index (Phi) is 5.03. The molecular weight excluding hydrogens is 282 g/mol. The molecular formula is C17H15NO4. The lowest BCUT2D eigenvalue weighted by Gasteiger charge is -2.02. The Bertz CT molecular complexity index is 705. The van der Waals surface area contributed by atoms with Crippen LogP contribution in [0.1, 0.15) is 16.7 Å². The zero-order valence-electron chi connectivity index (χ0n) is 12.1. The molecule has 0 heterocycles. The smallest absolute Gasteiger partial charge is 0.331 e. The Hall–Kier alpha value is -2.95. The number of aryl methyl sites for hydroxylation is 1. The third-order valence-corrected chi connectivity index (χ3v) is 3.12. The van der Waals surface area contributed by atoms with E-state index >= 15 is 0 Å². The van der Waals surface area contributed by atoms with Gasteiger partial charge in [0.1, 0.15) is 6.61 Å². The molecule has 0 unspecified atom stereocenters. The number of hydrogen-bond donors (Lipinski definition) is 0. The summed E-state index contributed by atoms with van der Waals surface area (Å²) in [5.41, 5.74) is 2.73. The number of nitro groups is 1. The summed E-state index contributed by atoms with van der Waals surface area (Å²) in [7, 11) is 0. The van der Waals surface area contributed by atoms with Gasteiger partial charge in [-0.05, 0) is 41.8 Å². The summed E-state index contributed by atoms with van der Waals surface area (Å²) >= 11 is 0. The van der Waals surface area contributed by atoms with E-state index in [1.165, 1.54) is 18.2 Å². The third kappa shape index (κ3) is 4.28. The quantitative estimate of drug-likeness (QED) is 0.365. The molecule has 0 aromatic heterocycles. The number of nitrogens with zero attached hydrogens (tertiary/aromatic N) is 1. The molecule has 0 fully saturated rings.